The number of nitrogens with one attached hydrogen (secondary N) is 1. The highest BCUT2D eigenvalue weighted by Gasteiger charge is 2.28. The van der Waals surface area contributed by atoms with Crippen LogP contribution < -0.4 is 4.74 Å². The van der Waals surface area contributed by atoms with Crippen molar-refractivity contribution >= 4 is 27.5 Å². The normalized spacial score (nSPS) is 13.4. The smallest absolute Gasteiger partial charge is 0.335 e. The lowest BCUT2D eigenvalue weighted by atomic mass is 9.88. The summed E-state index contributed by atoms with van der Waals surface area (Å²) < 4.78 is 6.86. The van der Waals surface area contributed by atoms with E-state index in [-0.39, 0.29) is 17.5 Å². The van der Waals surface area contributed by atoms with Crippen molar-refractivity contribution in [2.45, 2.75) is 25.3 Å². The lowest BCUT2D eigenvalue weighted by Gasteiger charge is -2.30. The third kappa shape index (κ3) is 4.45. The molecule has 0 amide bonds. The predicted octanol–water partition coefficient (Wildman–Crippen LogP) is 4.98. The lowest BCUT2D eigenvalue weighted by molar-refractivity contribution is 0.0696. The van der Waals surface area contributed by atoms with E-state index in [1.54, 1.807) is 18.3 Å². The van der Waals surface area contributed by atoms with Gasteiger partial charge in [0, 0.05) is 18.4 Å². The number of imidazole rings is 1. The van der Waals surface area contributed by atoms with Gasteiger partial charge in [-0.1, -0.05) is 30.4 Å². The number of ether oxygens (including phenoxy) is 1. The zero-order valence-corrected chi connectivity index (χ0v) is 18.4. The van der Waals surface area contributed by atoms with Crippen LogP contribution in [-0.2, 0) is 0 Å². The number of hydrogen-bond donors (Lipinski definition) is 2. The van der Waals surface area contributed by atoms with Gasteiger partial charge in [-0.2, -0.15) is 0 Å². The number of aromatic carboxylic acids is 1. The Hall–Kier alpha value is -3.23. The van der Waals surface area contributed by atoms with E-state index >= 15 is 0 Å². The van der Waals surface area contributed by atoms with E-state index in [0.717, 1.165) is 28.0 Å². The standard InChI is InChI=1S/C23H24N4O3S/c1-4-18(27(2)3)20(21-24-10-11-25-21)14-8-9-17-19(13-14)31-23(26-17)30-16-7-5-6-15(12-16)22(28)29/h5-13,18,20H,4H2,1-3H3,(H,24,25)(H,28,29). The highest BCUT2D eigenvalue weighted by Crippen LogP contribution is 2.36. The molecule has 0 aliphatic carbocycles. The van der Waals surface area contributed by atoms with Gasteiger partial charge in [0.25, 0.3) is 5.19 Å². The Balaban J connectivity index is 1.68. The van der Waals surface area contributed by atoms with Gasteiger partial charge in [-0.25, -0.2) is 14.8 Å². The minimum absolute atomic E-state index is 0.0955. The number of aromatic amines is 1. The van der Waals surface area contributed by atoms with E-state index in [0.29, 0.717) is 10.9 Å². The predicted molar refractivity (Wildman–Crippen MR) is 121 cm³/mol. The number of carboxylic acids is 1. The summed E-state index contributed by atoms with van der Waals surface area (Å²) in [5, 5.41) is 9.65. The van der Waals surface area contributed by atoms with Crippen molar-refractivity contribution in [2.24, 2.45) is 0 Å². The van der Waals surface area contributed by atoms with Crippen LogP contribution in [0.15, 0.2) is 54.9 Å². The molecule has 2 unspecified atom stereocenters. The summed E-state index contributed by atoms with van der Waals surface area (Å²) in [4.78, 5) is 25.8. The molecular weight excluding hydrogens is 412 g/mol. The Labute approximate surface area is 184 Å². The molecule has 4 aromatic rings. The second-order valence-corrected chi connectivity index (χ2v) is 8.53. The number of carbonyl (C=O) groups is 1. The molecule has 2 aromatic carbocycles. The van der Waals surface area contributed by atoms with Gasteiger partial charge in [0.05, 0.1) is 21.7 Å². The van der Waals surface area contributed by atoms with E-state index in [9.17, 15) is 9.90 Å². The summed E-state index contributed by atoms with van der Waals surface area (Å²) >= 11 is 1.44. The number of rotatable bonds is 8. The van der Waals surface area contributed by atoms with Crippen LogP contribution in [-0.4, -0.2) is 51.1 Å². The summed E-state index contributed by atoms with van der Waals surface area (Å²) in [6, 6.07) is 12.9. The zero-order valence-electron chi connectivity index (χ0n) is 17.6. The molecular formula is C23H24N4O3S. The molecule has 4 rings (SSSR count). The average molecular weight is 437 g/mol. The minimum Gasteiger partial charge on any atom is -0.478 e. The summed E-state index contributed by atoms with van der Waals surface area (Å²) in [6.45, 7) is 2.18. The molecule has 2 aromatic heterocycles. The third-order valence-electron chi connectivity index (χ3n) is 5.32. The van der Waals surface area contributed by atoms with Crippen LogP contribution in [0.3, 0.4) is 0 Å². The lowest BCUT2D eigenvalue weighted by Crippen LogP contribution is -2.34. The Bertz CT molecular complexity index is 1190. The first-order valence-corrected chi connectivity index (χ1v) is 10.8. The molecule has 0 aliphatic heterocycles. The molecule has 2 heterocycles. The summed E-state index contributed by atoms with van der Waals surface area (Å²) in [6.07, 6.45) is 4.62. The number of nitrogens with zero attached hydrogens (tertiary/aromatic N) is 3. The SMILES string of the molecule is CCC(C(c1ccc2nc(Oc3cccc(C(=O)O)c3)sc2c1)c1ncc[nH]1)N(C)C. The van der Waals surface area contributed by atoms with Gasteiger partial charge in [-0.05, 0) is 56.4 Å². The fourth-order valence-corrected chi connectivity index (χ4v) is 4.74. The summed E-state index contributed by atoms with van der Waals surface area (Å²) in [5.41, 5.74) is 2.18. The summed E-state index contributed by atoms with van der Waals surface area (Å²) in [5.74, 6) is 0.491. The van der Waals surface area contributed by atoms with Crippen LogP contribution in [0.5, 0.6) is 10.9 Å². The molecule has 0 spiro atoms. The third-order valence-corrected chi connectivity index (χ3v) is 6.21. The second kappa shape index (κ2) is 8.87. The number of fused-ring (bicyclic) bond motifs is 1. The first-order chi connectivity index (χ1) is 15.0. The van der Waals surface area contributed by atoms with Crippen LogP contribution in [0.25, 0.3) is 10.2 Å². The van der Waals surface area contributed by atoms with Crippen molar-refractivity contribution < 1.29 is 14.6 Å². The molecule has 0 bridgehead atoms. The Morgan fingerprint density at radius 1 is 1.26 bits per heavy atom. The first-order valence-electron chi connectivity index (χ1n) is 10.0. The molecule has 8 heteroatoms. The number of aromatic nitrogens is 3. The molecule has 0 fully saturated rings. The van der Waals surface area contributed by atoms with Crippen molar-refractivity contribution in [3.05, 3.63) is 71.8 Å². The van der Waals surface area contributed by atoms with Crippen LogP contribution in [0, 0.1) is 0 Å². The van der Waals surface area contributed by atoms with Crippen molar-refractivity contribution in [1.29, 1.82) is 0 Å². The van der Waals surface area contributed by atoms with Crippen molar-refractivity contribution in [3.63, 3.8) is 0 Å². The number of hydrogen-bond acceptors (Lipinski definition) is 6. The number of carboxylic acid groups (broad SMARTS) is 1. The quantitative estimate of drug-likeness (QED) is 0.405. The number of benzene rings is 2. The molecule has 2 N–H and O–H groups in total. The molecule has 0 aliphatic rings. The Kier molecular flexibility index (Phi) is 6.01. The van der Waals surface area contributed by atoms with E-state index in [4.69, 9.17) is 4.74 Å². The Morgan fingerprint density at radius 3 is 2.77 bits per heavy atom. The molecule has 160 valence electrons. The van der Waals surface area contributed by atoms with Crippen LogP contribution in [0.2, 0.25) is 0 Å². The van der Waals surface area contributed by atoms with Gasteiger partial charge in [0.1, 0.15) is 11.6 Å². The van der Waals surface area contributed by atoms with Gasteiger partial charge in [0.2, 0.25) is 0 Å². The van der Waals surface area contributed by atoms with E-state index < -0.39 is 5.97 Å². The maximum absolute atomic E-state index is 11.2. The summed E-state index contributed by atoms with van der Waals surface area (Å²) in [7, 11) is 4.18. The van der Waals surface area contributed by atoms with Gasteiger partial charge >= 0.3 is 5.97 Å². The number of thiazole rings is 1. The van der Waals surface area contributed by atoms with Gasteiger partial charge < -0.3 is 19.7 Å². The molecule has 0 radical (unpaired) electrons. The Morgan fingerprint density at radius 2 is 2.10 bits per heavy atom. The van der Waals surface area contributed by atoms with Gasteiger partial charge in [-0.15, -0.1) is 0 Å². The van der Waals surface area contributed by atoms with E-state index in [1.807, 2.05) is 12.3 Å². The molecule has 0 saturated carbocycles. The molecule has 7 nitrogen and oxygen atoms in total. The van der Waals surface area contributed by atoms with E-state index in [2.05, 4.69) is 53.0 Å². The van der Waals surface area contributed by atoms with Crippen LogP contribution in [0.1, 0.15) is 41.0 Å². The maximum atomic E-state index is 11.2. The van der Waals surface area contributed by atoms with Gasteiger partial charge in [-0.3, -0.25) is 0 Å². The van der Waals surface area contributed by atoms with Crippen LogP contribution >= 0.6 is 11.3 Å². The molecule has 31 heavy (non-hydrogen) atoms. The number of H-pyrrole nitrogens is 1. The maximum Gasteiger partial charge on any atom is 0.335 e. The van der Waals surface area contributed by atoms with Crippen molar-refractivity contribution in [3.8, 4) is 10.9 Å². The monoisotopic (exact) mass is 436 g/mol. The first kappa shape index (κ1) is 21.0. The van der Waals surface area contributed by atoms with E-state index in [1.165, 1.54) is 23.5 Å². The van der Waals surface area contributed by atoms with Crippen molar-refractivity contribution in [2.75, 3.05) is 14.1 Å². The second-order valence-electron chi connectivity index (χ2n) is 7.53. The number of likely N-dealkylation sites (N-methyl/N-ethyl adjacent to an activating group) is 1. The van der Waals surface area contributed by atoms with Crippen LogP contribution in [0.4, 0.5) is 0 Å². The average Bonchev–Trinajstić information content (AvgIpc) is 3.40. The fourth-order valence-electron chi connectivity index (χ4n) is 3.86. The van der Waals surface area contributed by atoms with Crippen molar-refractivity contribution in [1.82, 2.24) is 19.9 Å². The largest absolute Gasteiger partial charge is 0.478 e. The fraction of sp³-hybridized carbons (Fsp3) is 0.261. The highest BCUT2D eigenvalue weighted by molar-refractivity contribution is 7.20. The molecule has 2 atom stereocenters. The minimum atomic E-state index is -0.991. The van der Waals surface area contributed by atoms with Gasteiger partial charge in [0.15, 0.2) is 0 Å². The topological polar surface area (TPSA) is 91.3 Å². The highest BCUT2D eigenvalue weighted by atomic mass is 32.1. The zero-order chi connectivity index (χ0) is 22.0. The molecule has 0 saturated heterocycles.